The summed E-state index contributed by atoms with van der Waals surface area (Å²) in [6.07, 6.45) is 7.48. The average Bonchev–Trinajstić information content (AvgIpc) is 3.14. The van der Waals surface area contributed by atoms with E-state index >= 15 is 0 Å². The van der Waals surface area contributed by atoms with Gasteiger partial charge in [0.15, 0.2) is 11.5 Å². The van der Waals surface area contributed by atoms with Crippen molar-refractivity contribution in [1.82, 2.24) is 4.90 Å². The van der Waals surface area contributed by atoms with Gasteiger partial charge in [0.2, 0.25) is 0 Å². The normalized spacial score (nSPS) is 21.5. The Kier molecular flexibility index (Phi) is 4.25. The molecule has 1 saturated carbocycles. The predicted molar refractivity (Wildman–Crippen MR) is 97.1 cm³/mol. The molecule has 0 aromatic heterocycles. The van der Waals surface area contributed by atoms with Crippen LogP contribution in [0.4, 0.5) is 5.69 Å². The van der Waals surface area contributed by atoms with Crippen LogP contribution in [0.1, 0.15) is 51.0 Å². The van der Waals surface area contributed by atoms with Crippen molar-refractivity contribution >= 4 is 11.4 Å². The second-order valence-electron chi connectivity index (χ2n) is 7.40. The van der Waals surface area contributed by atoms with Gasteiger partial charge in [-0.2, -0.15) is 0 Å². The number of benzene rings is 1. The summed E-state index contributed by atoms with van der Waals surface area (Å²) in [5.41, 5.74) is 3.88. The first-order chi connectivity index (χ1) is 11.7. The number of aliphatic imine (C=N–C) groups is 1. The SMILES string of the molecule is COc1cc2c(cc1OCCCN1CCCC1)N=C(C)C21CCC1. The quantitative estimate of drug-likeness (QED) is 0.738. The molecule has 1 aliphatic carbocycles. The standard InChI is InChI=1S/C20H28N2O2/c1-15-20(7-5-8-20)16-13-18(23-2)19(14-17(16)21-15)24-12-6-11-22-9-3-4-10-22/h13-14H,3-12H2,1-2H3. The fourth-order valence-corrected chi connectivity index (χ4v) is 4.42. The second kappa shape index (κ2) is 6.40. The van der Waals surface area contributed by atoms with Gasteiger partial charge in [0, 0.05) is 23.7 Å². The van der Waals surface area contributed by atoms with E-state index < -0.39 is 0 Å². The van der Waals surface area contributed by atoms with Crippen molar-refractivity contribution in [3.63, 3.8) is 0 Å². The molecule has 130 valence electrons. The molecule has 3 aliphatic rings. The molecule has 0 N–H and O–H groups in total. The van der Waals surface area contributed by atoms with E-state index in [0.29, 0.717) is 0 Å². The van der Waals surface area contributed by atoms with Gasteiger partial charge in [-0.15, -0.1) is 0 Å². The molecule has 2 heterocycles. The number of fused-ring (bicyclic) bond motifs is 2. The fraction of sp³-hybridized carbons (Fsp3) is 0.650. The fourth-order valence-electron chi connectivity index (χ4n) is 4.42. The third kappa shape index (κ3) is 2.61. The van der Waals surface area contributed by atoms with E-state index in [1.54, 1.807) is 7.11 Å². The van der Waals surface area contributed by atoms with E-state index in [9.17, 15) is 0 Å². The van der Waals surface area contributed by atoms with E-state index in [-0.39, 0.29) is 5.41 Å². The van der Waals surface area contributed by atoms with Crippen LogP contribution in [0.3, 0.4) is 0 Å². The number of nitrogens with zero attached hydrogens (tertiary/aromatic N) is 2. The summed E-state index contributed by atoms with van der Waals surface area (Å²) in [5.74, 6) is 1.69. The molecule has 1 spiro atoms. The third-order valence-electron chi connectivity index (χ3n) is 6.06. The molecule has 0 unspecified atom stereocenters. The summed E-state index contributed by atoms with van der Waals surface area (Å²) in [5, 5.41) is 0. The zero-order chi connectivity index (χ0) is 16.6. The predicted octanol–water partition coefficient (Wildman–Crippen LogP) is 4.09. The van der Waals surface area contributed by atoms with Gasteiger partial charge in [0.1, 0.15) is 0 Å². The van der Waals surface area contributed by atoms with Gasteiger partial charge in [0.05, 0.1) is 19.4 Å². The monoisotopic (exact) mass is 328 g/mol. The Balaban J connectivity index is 1.44. The van der Waals surface area contributed by atoms with Crippen molar-refractivity contribution in [2.75, 3.05) is 33.4 Å². The molecule has 1 aromatic rings. The summed E-state index contributed by atoms with van der Waals surface area (Å²) in [7, 11) is 1.73. The molecule has 24 heavy (non-hydrogen) atoms. The lowest BCUT2D eigenvalue weighted by molar-refractivity contribution is 0.254. The molecule has 4 rings (SSSR count). The first-order valence-electron chi connectivity index (χ1n) is 9.36. The van der Waals surface area contributed by atoms with Gasteiger partial charge < -0.3 is 14.4 Å². The lowest BCUT2D eigenvalue weighted by Gasteiger charge is -2.39. The minimum atomic E-state index is 0.191. The lowest BCUT2D eigenvalue weighted by atomic mass is 9.63. The van der Waals surface area contributed by atoms with Crippen molar-refractivity contribution in [1.29, 1.82) is 0 Å². The van der Waals surface area contributed by atoms with Crippen LogP contribution in [0.2, 0.25) is 0 Å². The number of ether oxygens (including phenoxy) is 2. The Morgan fingerprint density at radius 3 is 2.58 bits per heavy atom. The first-order valence-corrected chi connectivity index (χ1v) is 9.36. The average molecular weight is 328 g/mol. The molecule has 4 heteroatoms. The van der Waals surface area contributed by atoms with Crippen LogP contribution < -0.4 is 9.47 Å². The molecule has 2 fully saturated rings. The zero-order valence-corrected chi connectivity index (χ0v) is 14.9. The van der Waals surface area contributed by atoms with Gasteiger partial charge in [-0.05, 0) is 63.7 Å². The topological polar surface area (TPSA) is 34.1 Å². The van der Waals surface area contributed by atoms with Gasteiger partial charge in [-0.1, -0.05) is 6.42 Å². The van der Waals surface area contributed by atoms with Gasteiger partial charge in [0.25, 0.3) is 0 Å². The summed E-state index contributed by atoms with van der Waals surface area (Å²) < 4.78 is 11.7. The Bertz CT molecular complexity index is 643. The first kappa shape index (κ1) is 15.9. The van der Waals surface area contributed by atoms with Gasteiger partial charge in [-0.3, -0.25) is 4.99 Å². The summed E-state index contributed by atoms with van der Waals surface area (Å²) >= 11 is 0. The highest BCUT2D eigenvalue weighted by Crippen LogP contribution is 2.54. The third-order valence-corrected chi connectivity index (χ3v) is 6.06. The molecule has 0 atom stereocenters. The number of rotatable bonds is 6. The van der Waals surface area contributed by atoms with Gasteiger partial charge in [-0.25, -0.2) is 0 Å². The van der Waals surface area contributed by atoms with Crippen LogP contribution in [-0.2, 0) is 5.41 Å². The van der Waals surface area contributed by atoms with Crippen LogP contribution in [0.25, 0.3) is 0 Å². The van der Waals surface area contributed by atoms with Crippen molar-refractivity contribution in [3.05, 3.63) is 17.7 Å². The number of hydrogen-bond donors (Lipinski definition) is 0. The maximum Gasteiger partial charge on any atom is 0.163 e. The Morgan fingerprint density at radius 1 is 1.12 bits per heavy atom. The van der Waals surface area contributed by atoms with Crippen molar-refractivity contribution in [2.24, 2.45) is 4.99 Å². The van der Waals surface area contributed by atoms with E-state index in [0.717, 1.165) is 36.8 Å². The summed E-state index contributed by atoms with van der Waals surface area (Å²) in [6.45, 7) is 6.53. The Morgan fingerprint density at radius 2 is 1.92 bits per heavy atom. The van der Waals surface area contributed by atoms with Crippen LogP contribution >= 0.6 is 0 Å². The van der Waals surface area contributed by atoms with Gasteiger partial charge >= 0.3 is 0 Å². The van der Waals surface area contributed by atoms with Crippen LogP contribution in [0.5, 0.6) is 11.5 Å². The van der Waals surface area contributed by atoms with Crippen molar-refractivity contribution in [2.45, 2.75) is 50.9 Å². The minimum absolute atomic E-state index is 0.191. The number of hydrogen-bond acceptors (Lipinski definition) is 4. The lowest BCUT2D eigenvalue weighted by Crippen LogP contribution is -2.38. The molecular weight excluding hydrogens is 300 g/mol. The van der Waals surface area contributed by atoms with E-state index in [1.807, 2.05) is 0 Å². The largest absolute Gasteiger partial charge is 0.493 e. The van der Waals surface area contributed by atoms with E-state index in [1.165, 1.54) is 56.5 Å². The van der Waals surface area contributed by atoms with E-state index in [2.05, 4.69) is 24.0 Å². The number of methoxy groups -OCH3 is 1. The highest BCUT2D eigenvalue weighted by Gasteiger charge is 2.46. The number of likely N-dealkylation sites (tertiary alicyclic amines) is 1. The second-order valence-corrected chi connectivity index (χ2v) is 7.40. The summed E-state index contributed by atoms with van der Waals surface area (Å²) in [4.78, 5) is 7.35. The van der Waals surface area contributed by atoms with Crippen LogP contribution in [-0.4, -0.2) is 44.0 Å². The van der Waals surface area contributed by atoms with Crippen molar-refractivity contribution in [3.8, 4) is 11.5 Å². The van der Waals surface area contributed by atoms with Crippen LogP contribution in [0.15, 0.2) is 17.1 Å². The molecular formula is C20H28N2O2. The zero-order valence-electron chi connectivity index (χ0n) is 14.9. The van der Waals surface area contributed by atoms with Crippen LogP contribution in [0, 0.1) is 0 Å². The Hall–Kier alpha value is -1.55. The Labute approximate surface area is 144 Å². The smallest absolute Gasteiger partial charge is 0.163 e. The van der Waals surface area contributed by atoms with Crippen molar-refractivity contribution < 1.29 is 9.47 Å². The highest BCUT2D eigenvalue weighted by molar-refractivity contribution is 6.01. The maximum absolute atomic E-state index is 6.05. The molecule has 0 radical (unpaired) electrons. The summed E-state index contributed by atoms with van der Waals surface area (Å²) in [6, 6.07) is 4.25. The molecule has 0 amide bonds. The van der Waals surface area contributed by atoms with E-state index in [4.69, 9.17) is 14.5 Å². The maximum atomic E-state index is 6.05. The molecule has 1 saturated heterocycles. The minimum Gasteiger partial charge on any atom is -0.493 e. The molecule has 0 bridgehead atoms. The molecule has 1 aromatic carbocycles. The molecule has 2 aliphatic heterocycles. The highest BCUT2D eigenvalue weighted by atomic mass is 16.5. The molecule has 4 nitrogen and oxygen atoms in total.